The number of fused-ring (bicyclic) bond motifs is 1. The van der Waals surface area contributed by atoms with Gasteiger partial charge in [0, 0.05) is 5.56 Å². The van der Waals surface area contributed by atoms with E-state index in [1.165, 1.54) is 0 Å². The van der Waals surface area contributed by atoms with Gasteiger partial charge in [-0.1, -0.05) is 59.8 Å². The molecule has 5 aromatic rings. The van der Waals surface area contributed by atoms with Gasteiger partial charge in [0.1, 0.15) is 5.69 Å². The van der Waals surface area contributed by atoms with Crippen molar-refractivity contribution in [3.8, 4) is 16.9 Å². The Morgan fingerprint density at radius 1 is 0.862 bits per heavy atom. The van der Waals surface area contributed by atoms with Gasteiger partial charge in [0.2, 0.25) is 0 Å². The van der Waals surface area contributed by atoms with E-state index in [0.29, 0.717) is 23.1 Å². The summed E-state index contributed by atoms with van der Waals surface area (Å²) in [6.45, 7) is 0.483. The number of hydrogen-bond donors (Lipinski definition) is 0. The van der Waals surface area contributed by atoms with E-state index >= 15 is 0 Å². The molecule has 5 rings (SSSR count). The molecule has 140 valence electrons. The first-order valence-corrected chi connectivity index (χ1v) is 9.29. The van der Waals surface area contributed by atoms with Crippen LogP contribution in [0.5, 0.6) is 0 Å². The van der Waals surface area contributed by atoms with Gasteiger partial charge < -0.3 is 0 Å². The molecule has 0 aliphatic carbocycles. The normalized spacial score (nSPS) is 11.0. The van der Waals surface area contributed by atoms with E-state index in [4.69, 9.17) is 0 Å². The molecule has 6 nitrogen and oxygen atoms in total. The number of hydrogen-bond acceptors (Lipinski definition) is 4. The summed E-state index contributed by atoms with van der Waals surface area (Å²) in [5.41, 5.74) is 4.11. The number of aromatic nitrogens is 5. The predicted molar refractivity (Wildman–Crippen MR) is 112 cm³/mol. The molecular formula is C23H17N5O. The van der Waals surface area contributed by atoms with Crippen LogP contribution in [0.4, 0.5) is 0 Å². The Morgan fingerprint density at radius 2 is 1.62 bits per heavy atom. The van der Waals surface area contributed by atoms with E-state index in [1.54, 1.807) is 15.6 Å². The fourth-order valence-corrected chi connectivity index (χ4v) is 3.31. The minimum Gasteiger partial charge on any atom is -0.294 e. The highest BCUT2D eigenvalue weighted by molar-refractivity contribution is 5.82. The van der Waals surface area contributed by atoms with Gasteiger partial charge in [-0.15, -0.1) is 5.10 Å². The summed E-state index contributed by atoms with van der Waals surface area (Å²) in [5, 5.41) is 9.04. The van der Waals surface area contributed by atoms with Gasteiger partial charge in [0.05, 0.1) is 35.7 Å². The van der Waals surface area contributed by atoms with Gasteiger partial charge in [0.25, 0.3) is 5.56 Å². The third kappa shape index (κ3) is 3.32. The molecule has 0 atom stereocenters. The molecule has 0 fully saturated rings. The molecule has 2 aromatic heterocycles. The maximum Gasteiger partial charge on any atom is 0.261 e. The average molecular weight is 379 g/mol. The molecule has 0 bridgehead atoms. The molecule has 29 heavy (non-hydrogen) atoms. The van der Waals surface area contributed by atoms with Gasteiger partial charge in [-0.2, -0.15) is 0 Å². The van der Waals surface area contributed by atoms with Crippen molar-refractivity contribution < 1.29 is 0 Å². The Bertz CT molecular complexity index is 1340. The number of rotatable bonds is 4. The highest BCUT2D eigenvalue weighted by atomic mass is 16.1. The maximum absolute atomic E-state index is 13.0. The highest BCUT2D eigenvalue weighted by Crippen LogP contribution is 2.21. The molecule has 0 radical (unpaired) electrons. The molecule has 0 aliphatic rings. The summed E-state index contributed by atoms with van der Waals surface area (Å²) in [4.78, 5) is 17.5. The van der Waals surface area contributed by atoms with E-state index in [-0.39, 0.29) is 5.56 Å². The number of benzene rings is 3. The summed E-state index contributed by atoms with van der Waals surface area (Å²) in [6.07, 6.45) is 3.46. The van der Waals surface area contributed by atoms with Crippen LogP contribution in [-0.4, -0.2) is 24.5 Å². The van der Waals surface area contributed by atoms with Crippen LogP contribution in [0.2, 0.25) is 0 Å². The van der Waals surface area contributed by atoms with Crippen molar-refractivity contribution in [3.63, 3.8) is 0 Å². The highest BCUT2D eigenvalue weighted by Gasteiger charge is 2.10. The smallest absolute Gasteiger partial charge is 0.261 e. The largest absolute Gasteiger partial charge is 0.294 e. The van der Waals surface area contributed by atoms with E-state index < -0.39 is 0 Å². The molecule has 6 heteroatoms. The van der Waals surface area contributed by atoms with Gasteiger partial charge >= 0.3 is 0 Å². The molecule has 0 spiro atoms. The van der Waals surface area contributed by atoms with Crippen molar-refractivity contribution in [2.24, 2.45) is 0 Å². The maximum atomic E-state index is 13.0. The average Bonchev–Trinajstić information content (AvgIpc) is 3.27. The quantitative estimate of drug-likeness (QED) is 0.478. The van der Waals surface area contributed by atoms with Crippen LogP contribution in [0, 0.1) is 0 Å². The van der Waals surface area contributed by atoms with Crippen molar-refractivity contribution in [2.45, 2.75) is 6.54 Å². The topological polar surface area (TPSA) is 65.6 Å². The van der Waals surface area contributed by atoms with Gasteiger partial charge in [-0.05, 0) is 29.8 Å². The van der Waals surface area contributed by atoms with Crippen LogP contribution < -0.4 is 5.56 Å². The predicted octanol–water partition coefficient (Wildman–Crippen LogP) is 3.69. The second-order valence-electron chi connectivity index (χ2n) is 6.78. The number of para-hydroxylation sites is 1. The molecule has 3 aromatic carbocycles. The molecule has 0 saturated heterocycles. The second-order valence-corrected chi connectivity index (χ2v) is 6.78. The Morgan fingerprint density at radius 3 is 2.41 bits per heavy atom. The lowest BCUT2D eigenvalue weighted by Gasteiger charge is -2.07. The van der Waals surface area contributed by atoms with Crippen LogP contribution in [0.25, 0.3) is 27.8 Å². The zero-order valence-electron chi connectivity index (χ0n) is 15.5. The standard InChI is InChI=1S/C23H17N5O/c29-23-20-13-18(22-15-28(26-25-22)19-9-5-2-6-10-19)11-12-21(20)24-16-27(23)14-17-7-3-1-4-8-17/h1-13,15-16H,14H2. The lowest BCUT2D eigenvalue weighted by atomic mass is 10.1. The summed E-state index contributed by atoms with van der Waals surface area (Å²) in [6, 6.07) is 25.3. The lowest BCUT2D eigenvalue weighted by Crippen LogP contribution is -2.21. The molecule has 2 heterocycles. The molecule has 0 aliphatic heterocycles. The minimum atomic E-state index is -0.0730. The summed E-state index contributed by atoms with van der Waals surface area (Å²) >= 11 is 0. The fraction of sp³-hybridized carbons (Fsp3) is 0.0435. The van der Waals surface area contributed by atoms with Crippen LogP contribution in [0.3, 0.4) is 0 Å². The lowest BCUT2D eigenvalue weighted by molar-refractivity contribution is 0.748. The van der Waals surface area contributed by atoms with Crippen molar-refractivity contribution >= 4 is 10.9 Å². The van der Waals surface area contributed by atoms with Crippen LogP contribution in [-0.2, 0) is 6.54 Å². The first kappa shape index (κ1) is 17.1. The molecule has 0 N–H and O–H groups in total. The Labute approximate surface area is 166 Å². The third-order valence-electron chi connectivity index (χ3n) is 4.83. The van der Waals surface area contributed by atoms with Crippen molar-refractivity contribution in [3.05, 3.63) is 107 Å². The third-order valence-corrected chi connectivity index (χ3v) is 4.83. The van der Waals surface area contributed by atoms with Gasteiger partial charge in [-0.3, -0.25) is 9.36 Å². The summed E-state index contributed by atoms with van der Waals surface area (Å²) in [5.74, 6) is 0. The van der Waals surface area contributed by atoms with Crippen LogP contribution >= 0.6 is 0 Å². The fourth-order valence-electron chi connectivity index (χ4n) is 3.31. The zero-order chi connectivity index (χ0) is 19.6. The number of nitrogens with zero attached hydrogens (tertiary/aromatic N) is 5. The molecule has 0 amide bonds. The van der Waals surface area contributed by atoms with E-state index in [9.17, 15) is 4.79 Å². The zero-order valence-corrected chi connectivity index (χ0v) is 15.5. The van der Waals surface area contributed by atoms with E-state index in [2.05, 4.69) is 15.3 Å². The minimum absolute atomic E-state index is 0.0730. The van der Waals surface area contributed by atoms with Crippen LogP contribution in [0.15, 0.2) is 96.2 Å². The van der Waals surface area contributed by atoms with Crippen LogP contribution in [0.1, 0.15) is 5.56 Å². The van der Waals surface area contributed by atoms with Crippen molar-refractivity contribution in [1.82, 2.24) is 24.5 Å². The Kier molecular flexibility index (Phi) is 4.22. The SMILES string of the molecule is O=c1c2cc(-c3cn(-c4ccccc4)nn3)ccc2ncn1Cc1ccccc1. The van der Waals surface area contributed by atoms with E-state index in [0.717, 1.165) is 16.8 Å². The second kappa shape index (κ2) is 7.16. The summed E-state index contributed by atoms with van der Waals surface area (Å²) < 4.78 is 3.35. The Balaban J connectivity index is 1.54. The first-order chi connectivity index (χ1) is 14.3. The monoisotopic (exact) mass is 379 g/mol. The van der Waals surface area contributed by atoms with Crippen molar-refractivity contribution in [2.75, 3.05) is 0 Å². The molecule has 0 unspecified atom stereocenters. The van der Waals surface area contributed by atoms with E-state index in [1.807, 2.05) is 85.1 Å². The summed E-state index contributed by atoms with van der Waals surface area (Å²) in [7, 11) is 0. The van der Waals surface area contributed by atoms with Gasteiger partial charge in [0.15, 0.2) is 0 Å². The van der Waals surface area contributed by atoms with Gasteiger partial charge in [-0.25, -0.2) is 9.67 Å². The Hall–Kier alpha value is -4.06. The molecular weight excluding hydrogens is 362 g/mol. The van der Waals surface area contributed by atoms with Crippen molar-refractivity contribution in [1.29, 1.82) is 0 Å². The molecule has 0 saturated carbocycles. The first-order valence-electron chi connectivity index (χ1n) is 9.29.